The van der Waals surface area contributed by atoms with Gasteiger partial charge in [0.25, 0.3) is 11.8 Å². The van der Waals surface area contributed by atoms with E-state index in [9.17, 15) is 18.0 Å². The molecule has 170 valence electrons. The second kappa shape index (κ2) is 9.30. The summed E-state index contributed by atoms with van der Waals surface area (Å²) in [6.07, 6.45) is 2.38. The predicted molar refractivity (Wildman–Crippen MR) is 119 cm³/mol. The Morgan fingerprint density at radius 1 is 0.906 bits per heavy atom. The van der Waals surface area contributed by atoms with Crippen molar-refractivity contribution in [3.63, 3.8) is 0 Å². The molecule has 1 saturated carbocycles. The van der Waals surface area contributed by atoms with E-state index in [0.717, 1.165) is 12.8 Å². The van der Waals surface area contributed by atoms with Gasteiger partial charge in [-0.1, -0.05) is 12.1 Å². The van der Waals surface area contributed by atoms with E-state index in [1.54, 1.807) is 40.1 Å². The van der Waals surface area contributed by atoms with Gasteiger partial charge in [-0.15, -0.1) is 0 Å². The summed E-state index contributed by atoms with van der Waals surface area (Å²) in [7, 11) is -2.01. The molecule has 9 heteroatoms. The van der Waals surface area contributed by atoms with E-state index in [4.69, 9.17) is 4.74 Å². The number of hydrogen-bond acceptors (Lipinski definition) is 5. The molecule has 1 saturated heterocycles. The number of nitrogens with one attached hydrogen (secondary N) is 1. The largest absolute Gasteiger partial charge is 0.496 e. The Kier molecular flexibility index (Phi) is 6.48. The molecule has 0 radical (unpaired) electrons. The van der Waals surface area contributed by atoms with Gasteiger partial charge in [-0.3, -0.25) is 9.59 Å². The molecule has 2 fully saturated rings. The highest BCUT2D eigenvalue weighted by Crippen LogP contribution is 2.23. The van der Waals surface area contributed by atoms with Gasteiger partial charge >= 0.3 is 0 Å². The molecule has 1 aliphatic carbocycles. The fourth-order valence-corrected chi connectivity index (χ4v) is 5.07. The Morgan fingerprint density at radius 2 is 1.53 bits per heavy atom. The summed E-state index contributed by atoms with van der Waals surface area (Å²) < 4.78 is 32.6. The molecule has 0 bridgehead atoms. The SMILES string of the molecule is COc1ccccc1C(=O)N1CCCN(C(=O)c2ccc(S(=O)(=O)NC3CC3)cc2)CC1. The molecule has 2 aliphatic rings. The Labute approximate surface area is 188 Å². The van der Waals surface area contributed by atoms with Crippen molar-refractivity contribution in [2.45, 2.75) is 30.2 Å². The summed E-state index contributed by atoms with van der Waals surface area (Å²) in [6, 6.07) is 13.2. The zero-order chi connectivity index (χ0) is 22.7. The van der Waals surface area contributed by atoms with E-state index in [0.29, 0.717) is 49.5 Å². The standard InChI is InChI=1S/C23H27N3O5S/c1-31-21-6-3-2-5-20(21)23(28)26-14-4-13-25(15-16-26)22(27)17-7-11-19(12-8-17)32(29,30)24-18-9-10-18/h2-3,5-8,11-12,18,24H,4,9-10,13-16H2,1H3. The number of nitrogens with zero attached hydrogens (tertiary/aromatic N) is 2. The van der Waals surface area contributed by atoms with Crippen LogP contribution in [0.5, 0.6) is 5.75 Å². The lowest BCUT2D eigenvalue weighted by atomic mass is 10.1. The normalized spacial score (nSPS) is 17.0. The van der Waals surface area contributed by atoms with Crippen molar-refractivity contribution in [1.82, 2.24) is 14.5 Å². The maximum Gasteiger partial charge on any atom is 0.257 e. The summed E-state index contributed by atoms with van der Waals surface area (Å²) in [4.78, 5) is 29.6. The van der Waals surface area contributed by atoms with Crippen molar-refractivity contribution in [3.8, 4) is 5.75 Å². The molecule has 2 amide bonds. The fourth-order valence-electron chi connectivity index (χ4n) is 3.76. The Hall–Kier alpha value is -2.91. The predicted octanol–water partition coefficient (Wildman–Crippen LogP) is 2.12. The van der Waals surface area contributed by atoms with E-state index in [-0.39, 0.29) is 22.8 Å². The zero-order valence-electron chi connectivity index (χ0n) is 18.0. The third-order valence-corrected chi connectivity index (χ3v) is 7.25. The molecule has 0 aromatic heterocycles. The molecule has 1 heterocycles. The summed E-state index contributed by atoms with van der Waals surface area (Å²) in [6.45, 7) is 1.89. The lowest BCUT2D eigenvalue weighted by Gasteiger charge is -2.23. The van der Waals surface area contributed by atoms with Crippen LogP contribution in [-0.2, 0) is 10.0 Å². The number of rotatable bonds is 6. The Bertz CT molecular complexity index is 1100. The Balaban J connectivity index is 1.40. The topological polar surface area (TPSA) is 96.0 Å². The van der Waals surface area contributed by atoms with E-state index < -0.39 is 10.0 Å². The number of methoxy groups -OCH3 is 1. The van der Waals surface area contributed by atoms with Crippen molar-refractivity contribution >= 4 is 21.8 Å². The van der Waals surface area contributed by atoms with E-state index >= 15 is 0 Å². The van der Waals surface area contributed by atoms with Crippen LogP contribution in [-0.4, -0.2) is 69.4 Å². The number of carbonyl (C=O) groups excluding carboxylic acids is 2. The number of benzene rings is 2. The summed E-state index contributed by atoms with van der Waals surface area (Å²) in [5.41, 5.74) is 0.936. The average molecular weight is 458 g/mol. The monoisotopic (exact) mass is 457 g/mol. The molecule has 8 nitrogen and oxygen atoms in total. The molecule has 0 unspecified atom stereocenters. The third-order valence-electron chi connectivity index (χ3n) is 5.72. The quantitative estimate of drug-likeness (QED) is 0.717. The van der Waals surface area contributed by atoms with Gasteiger partial charge in [0.05, 0.1) is 17.6 Å². The van der Waals surface area contributed by atoms with Gasteiger partial charge in [-0.2, -0.15) is 0 Å². The van der Waals surface area contributed by atoms with Gasteiger partial charge in [0, 0.05) is 37.8 Å². The van der Waals surface area contributed by atoms with Crippen molar-refractivity contribution in [3.05, 3.63) is 59.7 Å². The molecule has 32 heavy (non-hydrogen) atoms. The van der Waals surface area contributed by atoms with Crippen LogP contribution in [0.4, 0.5) is 0 Å². The number of amides is 2. The van der Waals surface area contributed by atoms with Gasteiger partial charge in [0.2, 0.25) is 10.0 Å². The van der Waals surface area contributed by atoms with Crippen molar-refractivity contribution in [2.75, 3.05) is 33.3 Å². The first-order chi connectivity index (χ1) is 15.4. The van der Waals surface area contributed by atoms with Gasteiger partial charge in [0.1, 0.15) is 5.75 Å². The number of hydrogen-bond donors (Lipinski definition) is 1. The van der Waals surface area contributed by atoms with E-state index in [1.807, 2.05) is 6.07 Å². The number of para-hydroxylation sites is 1. The highest BCUT2D eigenvalue weighted by atomic mass is 32.2. The fraction of sp³-hybridized carbons (Fsp3) is 0.391. The van der Waals surface area contributed by atoms with Crippen LogP contribution < -0.4 is 9.46 Å². The highest BCUT2D eigenvalue weighted by molar-refractivity contribution is 7.89. The van der Waals surface area contributed by atoms with Crippen LogP contribution in [0.1, 0.15) is 40.0 Å². The molecule has 2 aromatic rings. The third kappa shape index (κ3) is 4.94. The second-order valence-corrected chi connectivity index (χ2v) is 9.77. The summed E-state index contributed by atoms with van der Waals surface area (Å²) in [5.74, 6) is 0.242. The molecule has 2 aromatic carbocycles. The lowest BCUT2D eigenvalue weighted by molar-refractivity contribution is 0.0717. The van der Waals surface area contributed by atoms with Crippen LogP contribution in [0.3, 0.4) is 0 Å². The highest BCUT2D eigenvalue weighted by Gasteiger charge is 2.28. The molecule has 4 rings (SSSR count). The maximum absolute atomic E-state index is 13.0. The van der Waals surface area contributed by atoms with Crippen LogP contribution in [0.15, 0.2) is 53.4 Å². The number of carbonyl (C=O) groups is 2. The molecule has 1 N–H and O–H groups in total. The minimum absolute atomic E-state index is 0.0277. The van der Waals surface area contributed by atoms with Gasteiger partial charge in [-0.05, 0) is 55.7 Å². The zero-order valence-corrected chi connectivity index (χ0v) is 18.8. The first kappa shape index (κ1) is 22.3. The summed E-state index contributed by atoms with van der Waals surface area (Å²) >= 11 is 0. The maximum atomic E-state index is 13.0. The minimum Gasteiger partial charge on any atom is -0.496 e. The van der Waals surface area contributed by atoms with Gasteiger partial charge < -0.3 is 14.5 Å². The van der Waals surface area contributed by atoms with Crippen molar-refractivity contribution in [1.29, 1.82) is 0 Å². The Morgan fingerprint density at radius 3 is 2.16 bits per heavy atom. The van der Waals surface area contributed by atoms with Crippen LogP contribution in [0.2, 0.25) is 0 Å². The van der Waals surface area contributed by atoms with E-state index in [2.05, 4.69) is 4.72 Å². The van der Waals surface area contributed by atoms with Crippen molar-refractivity contribution < 1.29 is 22.7 Å². The molecular weight excluding hydrogens is 430 g/mol. The first-order valence-electron chi connectivity index (χ1n) is 10.7. The van der Waals surface area contributed by atoms with Crippen LogP contribution in [0, 0.1) is 0 Å². The molecule has 1 aliphatic heterocycles. The molecule has 0 spiro atoms. The molecular formula is C23H27N3O5S. The second-order valence-electron chi connectivity index (χ2n) is 8.06. The van der Waals surface area contributed by atoms with E-state index in [1.165, 1.54) is 19.2 Å². The van der Waals surface area contributed by atoms with Crippen molar-refractivity contribution in [2.24, 2.45) is 0 Å². The average Bonchev–Trinajstić information content (AvgIpc) is 3.64. The summed E-state index contributed by atoms with van der Waals surface area (Å²) in [5, 5.41) is 0. The van der Waals surface area contributed by atoms with Gasteiger partial charge in [0.15, 0.2) is 0 Å². The number of sulfonamides is 1. The minimum atomic E-state index is -3.55. The smallest absolute Gasteiger partial charge is 0.257 e. The lowest BCUT2D eigenvalue weighted by Crippen LogP contribution is -2.37. The first-order valence-corrected chi connectivity index (χ1v) is 12.2. The molecule has 0 atom stereocenters. The van der Waals surface area contributed by atoms with Crippen LogP contribution in [0.25, 0.3) is 0 Å². The number of ether oxygens (including phenoxy) is 1. The van der Waals surface area contributed by atoms with Crippen LogP contribution >= 0.6 is 0 Å². The van der Waals surface area contributed by atoms with Gasteiger partial charge in [-0.25, -0.2) is 13.1 Å².